The van der Waals surface area contributed by atoms with Gasteiger partial charge in [-0.15, -0.1) is 0 Å². The molecule has 0 aliphatic carbocycles. The van der Waals surface area contributed by atoms with E-state index in [-0.39, 0.29) is 5.69 Å². The SMILES string of the molecule is CC(C)CNc1nc(N2CCOCC2)ccc1[N+](=O)[O-]. The molecule has 0 bridgehead atoms. The fourth-order valence-corrected chi connectivity index (χ4v) is 1.99. The summed E-state index contributed by atoms with van der Waals surface area (Å²) in [7, 11) is 0. The second-order valence-electron chi connectivity index (χ2n) is 5.17. The van der Waals surface area contributed by atoms with Crippen molar-refractivity contribution in [1.82, 2.24) is 4.98 Å². The van der Waals surface area contributed by atoms with Crippen LogP contribution >= 0.6 is 0 Å². The van der Waals surface area contributed by atoms with Gasteiger partial charge in [0.25, 0.3) is 0 Å². The zero-order valence-electron chi connectivity index (χ0n) is 11.8. The minimum atomic E-state index is -0.404. The third-order valence-electron chi connectivity index (χ3n) is 3.07. The molecule has 20 heavy (non-hydrogen) atoms. The molecule has 1 aliphatic rings. The molecule has 0 spiro atoms. The molecule has 110 valence electrons. The van der Waals surface area contributed by atoms with Crippen LogP contribution in [0.2, 0.25) is 0 Å². The number of anilines is 2. The number of morpholine rings is 1. The highest BCUT2D eigenvalue weighted by Gasteiger charge is 2.19. The van der Waals surface area contributed by atoms with Gasteiger partial charge in [0.15, 0.2) is 0 Å². The number of ether oxygens (including phenoxy) is 1. The summed E-state index contributed by atoms with van der Waals surface area (Å²) in [6, 6.07) is 3.21. The lowest BCUT2D eigenvalue weighted by Crippen LogP contribution is -2.36. The topological polar surface area (TPSA) is 80.5 Å². The first-order chi connectivity index (χ1) is 9.58. The summed E-state index contributed by atoms with van der Waals surface area (Å²) in [5.74, 6) is 1.49. The molecule has 1 aromatic rings. The lowest BCUT2D eigenvalue weighted by Gasteiger charge is -2.28. The molecule has 1 saturated heterocycles. The van der Waals surface area contributed by atoms with Crippen LogP contribution in [0.15, 0.2) is 12.1 Å². The Morgan fingerprint density at radius 2 is 2.15 bits per heavy atom. The molecule has 2 rings (SSSR count). The molecule has 0 aromatic carbocycles. The summed E-state index contributed by atoms with van der Waals surface area (Å²) in [6.07, 6.45) is 0. The maximum atomic E-state index is 11.0. The van der Waals surface area contributed by atoms with Crippen LogP contribution in [0.1, 0.15) is 13.8 Å². The Morgan fingerprint density at radius 3 is 2.75 bits per heavy atom. The number of hydrogen-bond acceptors (Lipinski definition) is 6. The van der Waals surface area contributed by atoms with Crippen LogP contribution in [-0.4, -0.2) is 42.8 Å². The van der Waals surface area contributed by atoms with Crippen molar-refractivity contribution < 1.29 is 9.66 Å². The second kappa shape index (κ2) is 6.51. The molecule has 0 saturated carbocycles. The van der Waals surface area contributed by atoms with Crippen LogP contribution in [0.4, 0.5) is 17.3 Å². The largest absolute Gasteiger partial charge is 0.378 e. The molecule has 1 fully saturated rings. The Labute approximate surface area is 118 Å². The van der Waals surface area contributed by atoms with Crippen molar-refractivity contribution in [1.29, 1.82) is 0 Å². The molecular weight excluding hydrogens is 260 g/mol. The molecule has 0 unspecified atom stereocenters. The van der Waals surface area contributed by atoms with E-state index in [1.165, 1.54) is 6.07 Å². The van der Waals surface area contributed by atoms with Gasteiger partial charge in [0, 0.05) is 25.7 Å². The Bertz CT molecular complexity index is 473. The zero-order chi connectivity index (χ0) is 14.5. The monoisotopic (exact) mass is 280 g/mol. The lowest BCUT2D eigenvalue weighted by atomic mass is 10.2. The van der Waals surface area contributed by atoms with Crippen LogP contribution in [0.3, 0.4) is 0 Å². The number of hydrogen-bond donors (Lipinski definition) is 1. The summed E-state index contributed by atoms with van der Waals surface area (Å²) >= 11 is 0. The number of nitro groups is 1. The van der Waals surface area contributed by atoms with E-state index in [1.807, 2.05) is 13.8 Å². The molecule has 1 aliphatic heterocycles. The number of aromatic nitrogens is 1. The van der Waals surface area contributed by atoms with Gasteiger partial charge in [-0.3, -0.25) is 10.1 Å². The van der Waals surface area contributed by atoms with Crippen molar-refractivity contribution in [2.75, 3.05) is 43.1 Å². The lowest BCUT2D eigenvalue weighted by molar-refractivity contribution is -0.384. The van der Waals surface area contributed by atoms with Crippen molar-refractivity contribution in [2.45, 2.75) is 13.8 Å². The molecule has 0 radical (unpaired) electrons. The third kappa shape index (κ3) is 3.57. The highest BCUT2D eigenvalue weighted by atomic mass is 16.6. The zero-order valence-corrected chi connectivity index (χ0v) is 11.8. The van der Waals surface area contributed by atoms with Gasteiger partial charge < -0.3 is 15.0 Å². The molecule has 2 heterocycles. The molecule has 0 amide bonds. The summed E-state index contributed by atoms with van der Waals surface area (Å²) in [4.78, 5) is 17.1. The second-order valence-corrected chi connectivity index (χ2v) is 5.17. The predicted molar refractivity (Wildman–Crippen MR) is 77.3 cm³/mol. The summed E-state index contributed by atoms with van der Waals surface area (Å²) in [5, 5.41) is 14.1. The Morgan fingerprint density at radius 1 is 1.45 bits per heavy atom. The summed E-state index contributed by atoms with van der Waals surface area (Å²) in [6.45, 7) is 7.58. The highest BCUT2D eigenvalue weighted by molar-refractivity contribution is 5.60. The minimum absolute atomic E-state index is 0.0164. The van der Waals surface area contributed by atoms with Gasteiger partial charge in [-0.2, -0.15) is 0 Å². The Kier molecular flexibility index (Phi) is 4.73. The molecule has 1 aromatic heterocycles. The van der Waals surface area contributed by atoms with Crippen LogP contribution in [-0.2, 0) is 4.74 Å². The van der Waals surface area contributed by atoms with E-state index in [0.29, 0.717) is 31.5 Å². The molecule has 0 atom stereocenters. The van der Waals surface area contributed by atoms with E-state index < -0.39 is 4.92 Å². The third-order valence-corrected chi connectivity index (χ3v) is 3.07. The van der Waals surface area contributed by atoms with Crippen molar-refractivity contribution in [2.24, 2.45) is 5.92 Å². The maximum Gasteiger partial charge on any atom is 0.311 e. The van der Waals surface area contributed by atoms with Crippen LogP contribution < -0.4 is 10.2 Å². The van der Waals surface area contributed by atoms with E-state index >= 15 is 0 Å². The van der Waals surface area contributed by atoms with Gasteiger partial charge in [-0.25, -0.2) is 4.98 Å². The van der Waals surface area contributed by atoms with Gasteiger partial charge in [0.2, 0.25) is 5.82 Å². The highest BCUT2D eigenvalue weighted by Crippen LogP contribution is 2.26. The van der Waals surface area contributed by atoms with E-state index in [2.05, 4.69) is 15.2 Å². The van der Waals surface area contributed by atoms with E-state index in [0.717, 1.165) is 18.9 Å². The van der Waals surface area contributed by atoms with Gasteiger partial charge in [-0.1, -0.05) is 13.8 Å². The van der Waals surface area contributed by atoms with Gasteiger partial charge in [0.1, 0.15) is 5.82 Å². The number of nitrogens with zero attached hydrogens (tertiary/aromatic N) is 3. The van der Waals surface area contributed by atoms with Gasteiger partial charge in [-0.05, 0) is 12.0 Å². The average Bonchev–Trinajstić information content (AvgIpc) is 2.45. The summed E-state index contributed by atoms with van der Waals surface area (Å²) in [5.41, 5.74) is 0.0164. The first-order valence-electron chi connectivity index (χ1n) is 6.80. The quantitative estimate of drug-likeness (QED) is 0.655. The Balaban J connectivity index is 2.22. The number of nitrogens with one attached hydrogen (secondary N) is 1. The van der Waals surface area contributed by atoms with Crippen LogP contribution in [0.25, 0.3) is 0 Å². The van der Waals surface area contributed by atoms with E-state index in [4.69, 9.17) is 4.74 Å². The molecule has 1 N–H and O–H groups in total. The minimum Gasteiger partial charge on any atom is -0.378 e. The van der Waals surface area contributed by atoms with Crippen molar-refractivity contribution in [3.63, 3.8) is 0 Å². The number of rotatable bonds is 5. The van der Waals surface area contributed by atoms with Crippen molar-refractivity contribution in [3.8, 4) is 0 Å². The van der Waals surface area contributed by atoms with Crippen LogP contribution in [0, 0.1) is 16.0 Å². The Hall–Kier alpha value is -1.89. The standard InChI is InChI=1S/C13H20N4O3/c1-10(2)9-14-13-11(17(18)19)3-4-12(15-13)16-5-7-20-8-6-16/h3-4,10H,5-9H2,1-2H3,(H,14,15). The van der Waals surface area contributed by atoms with Gasteiger partial charge >= 0.3 is 5.69 Å². The van der Waals surface area contributed by atoms with E-state index in [9.17, 15) is 10.1 Å². The number of pyridine rings is 1. The fraction of sp³-hybridized carbons (Fsp3) is 0.615. The van der Waals surface area contributed by atoms with Gasteiger partial charge in [0.05, 0.1) is 18.1 Å². The van der Waals surface area contributed by atoms with Crippen molar-refractivity contribution in [3.05, 3.63) is 22.2 Å². The predicted octanol–water partition coefficient (Wildman–Crippen LogP) is 1.89. The van der Waals surface area contributed by atoms with Crippen LogP contribution in [0.5, 0.6) is 0 Å². The molecule has 7 nitrogen and oxygen atoms in total. The fourth-order valence-electron chi connectivity index (χ4n) is 1.99. The first-order valence-corrected chi connectivity index (χ1v) is 6.80. The molecule has 7 heteroatoms. The smallest absolute Gasteiger partial charge is 0.311 e. The normalized spacial score (nSPS) is 15.4. The molecular formula is C13H20N4O3. The van der Waals surface area contributed by atoms with Crippen molar-refractivity contribution >= 4 is 17.3 Å². The summed E-state index contributed by atoms with van der Waals surface area (Å²) < 4.78 is 5.30. The first kappa shape index (κ1) is 14.5. The average molecular weight is 280 g/mol. The maximum absolute atomic E-state index is 11.0. The van der Waals surface area contributed by atoms with E-state index in [1.54, 1.807) is 6.07 Å².